The summed E-state index contributed by atoms with van der Waals surface area (Å²) < 4.78 is 2.12. The summed E-state index contributed by atoms with van der Waals surface area (Å²) in [5.74, 6) is 1.16. The number of nitrogens with zero attached hydrogens (tertiary/aromatic N) is 2. The zero-order valence-electron chi connectivity index (χ0n) is 6.95. The molecule has 1 rings (SSSR count). The molecule has 1 aromatic heterocycles. The van der Waals surface area contributed by atoms with Crippen LogP contribution in [0.2, 0.25) is 0 Å². The van der Waals surface area contributed by atoms with E-state index in [0.717, 1.165) is 25.2 Å². The molecule has 0 radical (unpaired) electrons. The molecule has 1 heterocycles. The fourth-order valence-corrected chi connectivity index (χ4v) is 1.10. The zero-order valence-corrected chi connectivity index (χ0v) is 6.95. The molecule has 2 nitrogen and oxygen atoms in total. The lowest BCUT2D eigenvalue weighted by Gasteiger charge is -2.01. The Balaban J connectivity index is 2.69. The Morgan fingerprint density at radius 2 is 2.55 bits per heavy atom. The van der Waals surface area contributed by atoms with E-state index in [-0.39, 0.29) is 0 Å². The second-order valence-corrected chi connectivity index (χ2v) is 2.53. The maximum atomic E-state index is 4.24. The Bertz CT molecular complexity index is 225. The number of aromatic nitrogens is 2. The van der Waals surface area contributed by atoms with Crippen molar-refractivity contribution in [3.63, 3.8) is 0 Å². The molecule has 0 saturated heterocycles. The topological polar surface area (TPSA) is 17.8 Å². The zero-order chi connectivity index (χ0) is 8.10. The quantitative estimate of drug-likeness (QED) is 0.600. The van der Waals surface area contributed by atoms with Crippen LogP contribution in [0.5, 0.6) is 0 Å². The average Bonchev–Trinajstić information content (AvgIpc) is 2.39. The van der Waals surface area contributed by atoms with Crippen molar-refractivity contribution in [1.82, 2.24) is 9.55 Å². The predicted octanol–water partition coefficient (Wildman–Crippen LogP) is 2.02. The fourth-order valence-electron chi connectivity index (χ4n) is 1.10. The van der Waals surface area contributed by atoms with Gasteiger partial charge in [0.25, 0.3) is 0 Å². The number of hydrogen-bond acceptors (Lipinski definition) is 1. The molecule has 1 aromatic rings. The number of allylic oxidation sites excluding steroid dienone is 1. The van der Waals surface area contributed by atoms with Crippen molar-refractivity contribution >= 4 is 0 Å². The van der Waals surface area contributed by atoms with E-state index in [1.165, 1.54) is 0 Å². The third kappa shape index (κ3) is 1.93. The van der Waals surface area contributed by atoms with Crippen LogP contribution in [0.15, 0.2) is 25.0 Å². The minimum absolute atomic E-state index is 0.870. The van der Waals surface area contributed by atoms with Gasteiger partial charge in [-0.2, -0.15) is 0 Å². The maximum Gasteiger partial charge on any atom is 0.108 e. The minimum Gasteiger partial charge on any atom is -0.331 e. The molecule has 0 aliphatic carbocycles. The number of aryl methyl sites for hydroxylation is 1. The lowest BCUT2D eigenvalue weighted by molar-refractivity contribution is 0.717. The van der Waals surface area contributed by atoms with Crippen molar-refractivity contribution in [2.24, 2.45) is 0 Å². The molecular weight excluding hydrogens is 136 g/mol. The lowest BCUT2D eigenvalue weighted by atomic mass is 10.3. The monoisotopic (exact) mass is 150 g/mol. The molecule has 0 aromatic carbocycles. The highest BCUT2D eigenvalue weighted by Crippen LogP contribution is 2.00. The summed E-state index contributed by atoms with van der Waals surface area (Å²) in [6, 6.07) is 0. The fraction of sp³-hybridized carbons (Fsp3) is 0.444. The Kier molecular flexibility index (Phi) is 2.90. The van der Waals surface area contributed by atoms with Gasteiger partial charge in [0.2, 0.25) is 0 Å². The molecule has 0 N–H and O–H groups in total. The molecule has 0 atom stereocenters. The first kappa shape index (κ1) is 8.05. The standard InChI is InChI=1S/C9H14N2/c1-3-5-9-10-6-8-11(9)7-4-2/h4,6,8H,2-3,5,7H2,1H3. The van der Waals surface area contributed by atoms with Gasteiger partial charge in [0, 0.05) is 25.4 Å². The highest BCUT2D eigenvalue weighted by Gasteiger charge is 1.97. The summed E-state index contributed by atoms with van der Waals surface area (Å²) >= 11 is 0. The SMILES string of the molecule is C=CCn1ccnc1CCC. The van der Waals surface area contributed by atoms with Crippen molar-refractivity contribution in [1.29, 1.82) is 0 Å². The highest BCUT2D eigenvalue weighted by atomic mass is 15.0. The Morgan fingerprint density at radius 3 is 3.18 bits per heavy atom. The number of hydrogen-bond donors (Lipinski definition) is 0. The first-order chi connectivity index (χ1) is 5.38. The summed E-state index contributed by atoms with van der Waals surface area (Å²) in [6.07, 6.45) is 7.93. The Morgan fingerprint density at radius 1 is 1.73 bits per heavy atom. The second-order valence-electron chi connectivity index (χ2n) is 2.53. The number of rotatable bonds is 4. The van der Waals surface area contributed by atoms with Crippen LogP contribution in [0.25, 0.3) is 0 Å². The number of imidazole rings is 1. The predicted molar refractivity (Wildman–Crippen MR) is 46.4 cm³/mol. The van der Waals surface area contributed by atoms with Gasteiger partial charge in [-0.15, -0.1) is 6.58 Å². The van der Waals surface area contributed by atoms with Gasteiger partial charge in [-0.3, -0.25) is 0 Å². The smallest absolute Gasteiger partial charge is 0.108 e. The van der Waals surface area contributed by atoms with Crippen molar-refractivity contribution in [2.75, 3.05) is 0 Å². The van der Waals surface area contributed by atoms with E-state index in [4.69, 9.17) is 0 Å². The van der Waals surface area contributed by atoms with E-state index in [1.807, 2.05) is 18.5 Å². The molecule has 0 saturated carbocycles. The third-order valence-corrected chi connectivity index (χ3v) is 1.60. The van der Waals surface area contributed by atoms with Crippen LogP contribution in [0, 0.1) is 0 Å². The van der Waals surface area contributed by atoms with Crippen LogP contribution in [-0.2, 0) is 13.0 Å². The van der Waals surface area contributed by atoms with Crippen molar-refractivity contribution in [2.45, 2.75) is 26.3 Å². The Labute approximate surface area is 67.6 Å². The van der Waals surface area contributed by atoms with E-state index in [2.05, 4.69) is 23.1 Å². The highest BCUT2D eigenvalue weighted by molar-refractivity contribution is 4.94. The van der Waals surface area contributed by atoms with E-state index in [0.29, 0.717) is 0 Å². The average molecular weight is 150 g/mol. The Hall–Kier alpha value is -1.05. The summed E-state index contributed by atoms with van der Waals surface area (Å²) in [5.41, 5.74) is 0. The van der Waals surface area contributed by atoms with Crippen LogP contribution >= 0.6 is 0 Å². The van der Waals surface area contributed by atoms with Gasteiger partial charge in [-0.1, -0.05) is 13.0 Å². The molecule has 0 spiro atoms. The molecule has 60 valence electrons. The third-order valence-electron chi connectivity index (χ3n) is 1.60. The van der Waals surface area contributed by atoms with Crippen molar-refractivity contribution in [3.05, 3.63) is 30.9 Å². The lowest BCUT2D eigenvalue weighted by Crippen LogP contribution is -2.00. The van der Waals surface area contributed by atoms with Crippen LogP contribution in [0.4, 0.5) is 0 Å². The van der Waals surface area contributed by atoms with Gasteiger partial charge >= 0.3 is 0 Å². The van der Waals surface area contributed by atoms with Crippen LogP contribution in [0.3, 0.4) is 0 Å². The molecule has 0 amide bonds. The molecule has 0 fully saturated rings. The molecule has 0 unspecified atom stereocenters. The van der Waals surface area contributed by atoms with E-state index >= 15 is 0 Å². The van der Waals surface area contributed by atoms with Crippen molar-refractivity contribution in [3.8, 4) is 0 Å². The van der Waals surface area contributed by atoms with Gasteiger partial charge in [0.15, 0.2) is 0 Å². The van der Waals surface area contributed by atoms with Gasteiger partial charge in [0.05, 0.1) is 0 Å². The van der Waals surface area contributed by atoms with Gasteiger partial charge in [-0.25, -0.2) is 4.98 Å². The van der Waals surface area contributed by atoms with Crippen LogP contribution < -0.4 is 0 Å². The van der Waals surface area contributed by atoms with Crippen LogP contribution in [-0.4, -0.2) is 9.55 Å². The van der Waals surface area contributed by atoms with Crippen molar-refractivity contribution < 1.29 is 0 Å². The van der Waals surface area contributed by atoms with Crippen LogP contribution in [0.1, 0.15) is 19.2 Å². The second kappa shape index (κ2) is 3.96. The maximum absolute atomic E-state index is 4.24. The van der Waals surface area contributed by atoms with E-state index in [9.17, 15) is 0 Å². The molecule has 11 heavy (non-hydrogen) atoms. The molecule has 0 bridgehead atoms. The molecule has 0 aliphatic heterocycles. The van der Waals surface area contributed by atoms with Gasteiger partial charge in [-0.05, 0) is 6.42 Å². The summed E-state index contributed by atoms with van der Waals surface area (Å²) in [4.78, 5) is 4.24. The summed E-state index contributed by atoms with van der Waals surface area (Å²) in [7, 11) is 0. The first-order valence-corrected chi connectivity index (χ1v) is 3.99. The van der Waals surface area contributed by atoms with E-state index in [1.54, 1.807) is 0 Å². The summed E-state index contributed by atoms with van der Waals surface area (Å²) in [5, 5.41) is 0. The molecule has 0 aliphatic rings. The normalized spacial score (nSPS) is 9.91. The molecule has 2 heteroatoms. The minimum atomic E-state index is 0.870. The van der Waals surface area contributed by atoms with E-state index < -0.39 is 0 Å². The molecular formula is C9H14N2. The summed E-state index contributed by atoms with van der Waals surface area (Å²) in [6.45, 7) is 6.72. The largest absolute Gasteiger partial charge is 0.331 e. The van der Waals surface area contributed by atoms with Gasteiger partial charge < -0.3 is 4.57 Å². The first-order valence-electron chi connectivity index (χ1n) is 3.99. The van der Waals surface area contributed by atoms with Gasteiger partial charge in [0.1, 0.15) is 5.82 Å².